The molecule has 1 aliphatic carbocycles. The molecule has 0 N–H and O–H groups in total. The summed E-state index contributed by atoms with van der Waals surface area (Å²) >= 11 is 0. The molecule has 2 heterocycles. The largest absolute Gasteiger partial charge is 0.462 e. The summed E-state index contributed by atoms with van der Waals surface area (Å²) in [5.41, 5.74) is 2.44. The summed E-state index contributed by atoms with van der Waals surface area (Å²) in [6, 6.07) is 7.23. The van der Waals surface area contributed by atoms with E-state index in [1.807, 2.05) is 19.1 Å². The molecule has 0 aliphatic heterocycles. The monoisotopic (exact) mass is 447 g/mol. The Labute approximate surface area is 193 Å². The quantitative estimate of drug-likeness (QED) is 0.500. The van der Waals surface area contributed by atoms with Crippen molar-refractivity contribution in [1.29, 1.82) is 0 Å². The second kappa shape index (κ2) is 10.4. The molecule has 0 atom stereocenters. The van der Waals surface area contributed by atoms with E-state index in [9.17, 15) is 9.59 Å². The highest BCUT2D eigenvalue weighted by Gasteiger charge is 2.24. The number of hydrogen-bond acceptors (Lipinski definition) is 6. The van der Waals surface area contributed by atoms with Gasteiger partial charge in [-0.3, -0.25) is 14.7 Å². The smallest absolute Gasteiger partial charge is 0.341 e. The molecule has 0 bridgehead atoms. The molecule has 2 aromatic heterocycles. The number of anilines is 1. The maximum atomic E-state index is 13.5. The second-order valence-electron chi connectivity index (χ2n) is 8.31. The molecule has 1 aromatic carbocycles. The first kappa shape index (κ1) is 22.6. The Morgan fingerprint density at radius 3 is 2.52 bits per heavy atom. The number of nitrogens with zero attached hydrogens (tertiary/aromatic N) is 5. The number of carbonyl (C=O) groups excluding carboxylic acids is 2. The predicted octanol–water partition coefficient (Wildman–Crippen LogP) is 4.37. The van der Waals surface area contributed by atoms with Crippen LogP contribution in [0.1, 0.15) is 65.4 Å². The Balaban J connectivity index is 1.56. The van der Waals surface area contributed by atoms with Gasteiger partial charge < -0.3 is 4.74 Å². The molecule has 8 nitrogen and oxygen atoms in total. The van der Waals surface area contributed by atoms with Crippen LogP contribution in [-0.4, -0.2) is 44.8 Å². The molecule has 0 spiro atoms. The highest BCUT2D eigenvalue weighted by atomic mass is 16.5. The van der Waals surface area contributed by atoms with Crippen molar-refractivity contribution < 1.29 is 14.3 Å². The van der Waals surface area contributed by atoms with Crippen LogP contribution in [0.2, 0.25) is 0 Å². The fraction of sp³-hybridized carbons (Fsp3) is 0.400. The Bertz CT molecular complexity index is 1090. The normalized spacial score (nSPS) is 14.1. The van der Waals surface area contributed by atoms with E-state index in [0.717, 1.165) is 18.5 Å². The van der Waals surface area contributed by atoms with E-state index in [2.05, 4.69) is 15.1 Å². The average Bonchev–Trinajstić information content (AvgIpc) is 3.25. The first-order chi connectivity index (χ1) is 16.1. The molecular weight excluding hydrogens is 418 g/mol. The van der Waals surface area contributed by atoms with Gasteiger partial charge in [-0.15, -0.1) is 0 Å². The molecule has 1 amide bonds. The lowest BCUT2D eigenvalue weighted by atomic mass is 9.89. The molecular formula is C25H29N5O3. The zero-order valence-electron chi connectivity index (χ0n) is 19.1. The van der Waals surface area contributed by atoms with E-state index in [1.165, 1.54) is 25.5 Å². The van der Waals surface area contributed by atoms with Crippen molar-refractivity contribution in [2.75, 3.05) is 18.1 Å². The van der Waals surface area contributed by atoms with Gasteiger partial charge in [0.2, 0.25) is 0 Å². The molecule has 0 radical (unpaired) electrons. The molecule has 172 valence electrons. The highest BCUT2D eigenvalue weighted by molar-refractivity contribution is 6.05. The van der Waals surface area contributed by atoms with Crippen LogP contribution in [0, 0.1) is 12.8 Å². The number of carbonyl (C=O) groups is 2. The summed E-state index contributed by atoms with van der Waals surface area (Å²) in [6.45, 7) is 4.54. The number of aromatic nitrogens is 4. The van der Waals surface area contributed by atoms with Crippen molar-refractivity contribution in [2.24, 2.45) is 5.92 Å². The third-order valence-electron chi connectivity index (χ3n) is 6.10. The van der Waals surface area contributed by atoms with Crippen molar-refractivity contribution >= 4 is 17.7 Å². The first-order valence-corrected chi connectivity index (χ1v) is 11.5. The molecule has 33 heavy (non-hydrogen) atoms. The van der Waals surface area contributed by atoms with Gasteiger partial charge in [-0.2, -0.15) is 5.10 Å². The number of amides is 1. The summed E-state index contributed by atoms with van der Waals surface area (Å²) < 4.78 is 6.76. The SMILES string of the molecule is CCOC(=O)c1cnn(-c2ccc(C(=O)N(CC3CCCCC3)c3cnccn3)cc2)c1C. The molecule has 0 saturated heterocycles. The van der Waals surface area contributed by atoms with Gasteiger partial charge >= 0.3 is 5.97 Å². The van der Waals surface area contributed by atoms with Crippen LogP contribution in [0.4, 0.5) is 5.82 Å². The third kappa shape index (κ3) is 5.10. The molecule has 8 heteroatoms. The third-order valence-corrected chi connectivity index (χ3v) is 6.10. The van der Waals surface area contributed by atoms with Gasteiger partial charge in [0.25, 0.3) is 5.91 Å². The topological polar surface area (TPSA) is 90.2 Å². The van der Waals surface area contributed by atoms with E-state index >= 15 is 0 Å². The Morgan fingerprint density at radius 1 is 1.09 bits per heavy atom. The number of rotatable bonds is 7. The number of ether oxygens (including phenoxy) is 1. The van der Waals surface area contributed by atoms with E-state index < -0.39 is 5.97 Å². The molecule has 3 aromatic rings. The molecule has 4 rings (SSSR count). The highest BCUT2D eigenvalue weighted by Crippen LogP contribution is 2.27. The molecule has 1 saturated carbocycles. The van der Waals surface area contributed by atoms with Gasteiger partial charge in [-0.25, -0.2) is 14.5 Å². The first-order valence-electron chi connectivity index (χ1n) is 11.5. The van der Waals surface area contributed by atoms with Crippen LogP contribution >= 0.6 is 0 Å². The molecule has 1 fully saturated rings. The van der Waals surface area contributed by atoms with Crippen LogP contribution in [0.3, 0.4) is 0 Å². The van der Waals surface area contributed by atoms with Crippen molar-refractivity contribution in [2.45, 2.75) is 46.0 Å². The maximum Gasteiger partial charge on any atom is 0.341 e. The lowest BCUT2D eigenvalue weighted by Gasteiger charge is -2.29. The molecule has 0 unspecified atom stereocenters. The van der Waals surface area contributed by atoms with Crippen molar-refractivity contribution in [1.82, 2.24) is 19.7 Å². The van der Waals surface area contributed by atoms with Crippen molar-refractivity contribution in [3.05, 3.63) is 65.9 Å². The van der Waals surface area contributed by atoms with Gasteiger partial charge in [-0.05, 0) is 56.9 Å². The number of hydrogen-bond donors (Lipinski definition) is 0. The van der Waals surface area contributed by atoms with Crippen LogP contribution in [-0.2, 0) is 4.74 Å². The van der Waals surface area contributed by atoms with Crippen LogP contribution in [0.25, 0.3) is 5.69 Å². The predicted molar refractivity (Wildman–Crippen MR) is 125 cm³/mol. The van der Waals surface area contributed by atoms with Gasteiger partial charge in [0, 0.05) is 24.5 Å². The fourth-order valence-electron chi connectivity index (χ4n) is 4.32. The second-order valence-corrected chi connectivity index (χ2v) is 8.31. The summed E-state index contributed by atoms with van der Waals surface area (Å²) in [5, 5.41) is 4.33. The van der Waals surface area contributed by atoms with Gasteiger partial charge in [0.05, 0.1) is 30.4 Å². The zero-order chi connectivity index (χ0) is 23.2. The van der Waals surface area contributed by atoms with Gasteiger partial charge in [0.15, 0.2) is 5.82 Å². The van der Waals surface area contributed by atoms with Crippen LogP contribution < -0.4 is 4.90 Å². The van der Waals surface area contributed by atoms with Crippen molar-refractivity contribution in [3.63, 3.8) is 0 Å². The van der Waals surface area contributed by atoms with Gasteiger partial charge in [-0.1, -0.05) is 19.3 Å². The molecule has 1 aliphatic rings. The lowest BCUT2D eigenvalue weighted by molar-refractivity contribution is 0.0525. The minimum absolute atomic E-state index is 0.1000. The number of benzene rings is 1. The van der Waals surface area contributed by atoms with E-state index in [0.29, 0.717) is 41.7 Å². The minimum atomic E-state index is -0.393. The lowest BCUT2D eigenvalue weighted by Crippen LogP contribution is -2.36. The summed E-state index contributed by atoms with van der Waals surface area (Å²) in [7, 11) is 0. The average molecular weight is 448 g/mol. The number of esters is 1. The summed E-state index contributed by atoms with van der Waals surface area (Å²) in [5.74, 6) is 0.545. The van der Waals surface area contributed by atoms with E-state index in [-0.39, 0.29) is 5.91 Å². The Hall–Kier alpha value is -3.55. The zero-order valence-corrected chi connectivity index (χ0v) is 19.1. The maximum absolute atomic E-state index is 13.5. The van der Waals surface area contributed by atoms with Crippen LogP contribution in [0.15, 0.2) is 49.1 Å². The fourth-order valence-corrected chi connectivity index (χ4v) is 4.32. The van der Waals surface area contributed by atoms with Gasteiger partial charge in [0.1, 0.15) is 5.56 Å². The van der Waals surface area contributed by atoms with E-state index in [4.69, 9.17) is 4.74 Å². The summed E-state index contributed by atoms with van der Waals surface area (Å²) in [6.07, 6.45) is 12.3. The summed E-state index contributed by atoms with van der Waals surface area (Å²) in [4.78, 5) is 35.9. The van der Waals surface area contributed by atoms with Crippen molar-refractivity contribution in [3.8, 4) is 5.69 Å². The van der Waals surface area contributed by atoms with Crippen LogP contribution in [0.5, 0.6) is 0 Å². The Morgan fingerprint density at radius 2 is 1.85 bits per heavy atom. The van der Waals surface area contributed by atoms with E-state index in [1.54, 1.807) is 47.2 Å². The Kier molecular flexibility index (Phi) is 7.12. The standard InChI is InChI=1S/C25H29N5O3/c1-3-33-25(32)22-15-28-30(18(22)2)21-11-9-20(10-12-21)24(31)29(23-16-26-13-14-27-23)17-19-7-5-4-6-8-19/h9-16,19H,3-8,17H2,1-2H3. The minimum Gasteiger partial charge on any atom is -0.462 e.